The largest absolute Gasteiger partial charge is 0.468 e. The molecule has 5 nitrogen and oxygen atoms in total. The van der Waals surface area contributed by atoms with Gasteiger partial charge in [-0.1, -0.05) is 18.2 Å². The van der Waals surface area contributed by atoms with E-state index in [0.29, 0.717) is 13.0 Å². The van der Waals surface area contributed by atoms with Crippen LogP contribution in [0.5, 0.6) is 0 Å². The quantitative estimate of drug-likeness (QED) is 0.660. The van der Waals surface area contributed by atoms with Gasteiger partial charge >= 0.3 is 0 Å². The highest BCUT2D eigenvalue weighted by Crippen LogP contribution is 2.20. The third-order valence-corrected chi connectivity index (χ3v) is 4.51. The highest BCUT2D eigenvalue weighted by molar-refractivity contribution is 5.83. The summed E-state index contributed by atoms with van der Waals surface area (Å²) in [6, 6.07) is 12.1. The van der Waals surface area contributed by atoms with Crippen molar-refractivity contribution in [1.29, 1.82) is 0 Å². The van der Waals surface area contributed by atoms with Gasteiger partial charge in [0.25, 0.3) is 0 Å². The second kappa shape index (κ2) is 8.03. The number of carbonyl (C=O) groups is 1. The number of aromatic nitrogens is 1. The van der Waals surface area contributed by atoms with E-state index in [-0.39, 0.29) is 11.9 Å². The van der Waals surface area contributed by atoms with E-state index in [1.54, 1.807) is 6.26 Å². The lowest BCUT2D eigenvalue weighted by Gasteiger charge is -2.22. The van der Waals surface area contributed by atoms with Crippen molar-refractivity contribution in [3.63, 3.8) is 0 Å². The summed E-state index contributed by atoms with van der Waals surface area (Å²) >= 11 is 0. The number of furan rings is 1. The van der Waals surface area contributed by atoms with E-state index in [9.17, 15) is 4.79 Å². The van der Waals surface area contributed by atoms with Gasteiger partial charge in [0.1, 0.15) is 5.76 Å². The topological polar surface area (TPSA) is 61.3 Å². The van der Waals surface area contributed by atoms with E-state index >= 15 is 0 Å². The van der Waals surface area contributed by atoms with Crippen molar-refractivity contribution in [1.82, 2.24) is 15.2 Å². The summed E-state index contributed by atoms with van der Waals surface area (Å²) < 4.78 is 5.46. The van der Waals surface area contributed by atoms with E-state index in [4.69, 9.17) is 4.42 Å². The van der Waals surface area contributed by atoms with Crippen molar-refractivity contribution in [2.45, 2.75) is 25.3 Å². The number of para-hydroxylation sites is 1. The number of fused-ring (bicyclic) bond motifs is 1. The number of hydrogen-bond acceptors (Lipinski definition) is 3. The number of H-pyrrole nitrogens is 1. The minimum absolute atomic E-state index is 0.0487. The van der Waals surface area contributed by atoms with E-state index in [1.807, 2.05) is 49.5 Å². The number of likely N-dealkylation sites (N-methyl/N-ethyl adjacent to an activating group) is 1. The van der Waals surface area contributed by atoms with Gasteiger partial charge in [-0.3, -0.25) is 9.69 Å². The van der Waals surface area contributed by atoms with Gasteiger partial charge in [0.2, 0.25) is 5.91 Å². The first-order valence-corrected chi connectivity index (χ1v) is 8.66. The SMILES string of the molecule is CN(C)[C@H](CNC(=O)CCCc1c[nH]c2ccccc12)c1ccco1. The standard InChI is InChI=1S/C20H25N3O2/c1-23(2)18(19-10-6-12-25-19)14-22-20(24)11-5-7-15-13-21-17-9-4-3-8-16(15)17/h3-4,6,8-10,12-13,18,21H,5,7,11,14H2,1-2H3,(H,22,24)/t18-/m1/s1. The minimum atomic E-state index is 0.0487. The number of benzene rings is 1. The molecule has 0 saturated carbocycles. The minimum Gasteiger partial charge on any atom is -0.468 e. The second-order valence-corrected chi connectivity index (χ2v) is 6.51. The molecule has 0 aliphatic carbocycles. The lowest BCUT2D eigenvalue weighted by atomic mass is 10.1. The molecule has 0 unspecified atom stereocenters. The van der Waals surface area contributed by atoms with Crippen LogP contribution >= 0.6 is 0 Å². The van der Waals surface area contributed by atoms with E-state index in [1.165, 1.54) is 10.9 Å². The zero-order valence-electron chi connectivity index (χ0n) is 14.8. The number of rotatable bonds is 8. The molecule has 0 saturated heterocycles. The van der Waals surface area contributed by atoms with Gasteiger partial charge in [-0.05, 0) is 50.7 Å². The highest BCUT2D eigenvalue weighted by Gasteiger charge is 2.17. The molecule has 2 aromatic heterocycles. The lowest BCUT2D eigenvalue weighted by molar-refractivity contribution is -0.121. The Morgan fingerprint density at radius 1 is 1.24 bits per heavy atom. The van der Waals surface area contributed by atoms with Gasteiger partial charge < -0.3 is 14.7 Å². The summed E-state index contributed by atoms with van der Waals surface area (Å²) in [4.78, 5) is 17.5. The Labute approximate surface area is 148 Å². The Bertz CT molecular complexity index is 805. The molecule has 1 atom stereocenters. The number of hydrogen-bond donors (Lipinski definition) is 2. The summed E-state index contributed by atoms with van der Waals surface area (Å²) in [5, 5.41) is 4.27. The van der Waals surface area contributed by atoms with Crippen LogP contribution in [-0.4, -0.2) is 36.4 Å². The van der Waals surface area contributed by atoms with Crippen LogP contribution in [0.15, 0.2) is 53.3 Å². The molecule has 0 radical (unpaired) electrons. The summed E-state index contributed by atoms with van der Waals surface area (Å²) in [6.45, 7) is 0.548. The van der Waals surface area contributed by atoms with Crippen LogP contribution in [0, 0.1) is 0 Å². The molecule has 5 heteroatoms. The molecule has 1 aromatic carbocycles. The molecular weight excluding hydrogens is 314 g/mol. The van der Waals surface area contributed by atoms with Gasteiger partial charge in [-0.15, -0.1) is 0 Å². The molecule has 0 spiro atoms. The van der Waals surface area contributed by atoms with Crippen LogP contribution in [0.25, 0.3) is 10.9 Å². The normalized spacial score (nSPS) is 12.6. The van der Waals surface area contributed by atoms with Crippen LogP contribution < -0.4 is 5.32 Å². The summed E-state index contributed by atoms with van der Waals surface area (Å²) in [7, 11) is 3.96. The number of nitrogens with zero attached hydrogens (tertiary/aromatic N) is 1. The molecule has 132 valence electrons. The van der Waals surface area contributed by atoms with Crippen molar-refractivity contribution >= 4 is 16.8 Å². The number of amides is 1. The van der Waals surface area contributed by atoms with E-state index < -0.39 is 0 Å². The Morgan fingerprint density at radius 2 is 2.08 bits per heavy atom. The van der Waals surface area contributed by atoms with E-state index in [0.717, 1.165) is 24.1 Å². The molecule has 3 aromatic rings. The first kappa shape index (κ1) is 17.3. The fourth-order valence-electron chi connectivity index (χ4n) is 3.10. The van der Waals surface area contributed by atoms with Crippen LogP contribution in [0.4, 0.5) is 0 Å². The monoisotopic (exact) mass is 339 g/mol. The van der Waals surface area contributed by atoms with Crippen LogP contribution in [0.3, 0.4) is 0 Å². The van der Waals surface area contributed by atoms with Crippen LogP contribution in [0.1, 0.15) is 30.2 Å². The Hall–Kier alpha value is -2.53. The number of aryl methyl sites for hydroxylation is 1. The number of aromatic amines is 1. The van der Waals surface area contributed by atoms with Gasteiger partial charge in [-0.2, -0.15) is 0 Å². The molecule has 0 fully saturated rings. The van der Waals surface area contributed by atoms with Crippen molar-refractivity contribution in [2.24, 2.45) is 0 Å². The van der Waals surface area contributed by atoms with Crippen molar-refractivity contribution < 1.29 is 9.21 Å². The molecule has 0 bridgehead atoms. The zero-order valence-corrected chi connectivity index (χ0v) is 14.8. The van der Waals surface area contributed by atoms with Gasteiger partial charge in [0.05, 0.1) is 12.3 Å². The maximum Gasteiger partial charge on any atom is 0.220 e. The summed E-state index contributed by atoms with van der Waals surface area (Å²) in [6.07, 6.45) is 5.96. The molecule has 25 heavy (non-hydrogen) atoms. The molecule has 1 amide bonds. The maximum absolute atomic E-state index is 12.2. The van der Waals surface area contributed by atoms with Gasteiger partial charge in [0, 0.05) is 30.1 Å². The Morgan fingerprint density at radius 3 is 2.84 bits per heavy atom. The molecule has 2 heterocycles. The summed E-state index contributed by atoms with van der Waals surface area (Å²) in [5.74, 6) is 0.947. The molecular formula is C20H25N3O2. The smallest absolute Gasteiger partial charge is 0.220 e. The summed E-state index contributed by atoms with van der Waals surface area (Å²) in [5.41, 5.74) is 2.42. The number of nitrogens with one attached hydrogen (secondary N) is 2. The van der Waals surface area contributed by atoms with Crippen molar-refractivity contribution in [3.05, 3.63) is 60.2 Å². The van der Waals surface area contributed by atoms with Gasteiger partial charge in [0.15, 0.2) is 0 Å². The second-order valence-electron chi connectivity index (χ2n) is 6.51. The average Bonchev–Trinajstić information content (AvgIpc) is 3.25. The fourth-order valence-corrected chi connectivity index (χ4v) is 3.10. The first-order chi connectivity index (χ1) is 12.1. The third kappa shape index (κ3) is 4.31. The number of carbonyl (C=O) groups excluding carboxylic acids is 1. The van der Waals surface area contributed by atoms with Crippen molar-refractivity contribution in [2.75, 3.05) is 20.6 Å². The molecule has 3 rings (SSSR count). The Kier molecular flexibility index (Phi) is 5.56. The highest BCUT2D eigenvalue weighted by atomic mass is 16.3. The molecule has 0 aliphatic heterocycles. The zero-order chi connectivity index (χ0) is 17.6. The third-order valence-electron chi connectivity index (χ3n) is 4.51. The predicted octanol–water partition coefficient (Wildman–Crippen LogP) is 3.50. The fraction of sp³-hybridized carbons (Fsp3) is 0.350. The molecule has 0 aliphatic rings. The molecule has 2 N–H and O–H groups in total. The van der Waals surface area contributed by atoms with Crippen molar-refractivity contribution in [3.8, 4) is 0 Å². The lowest BCUT2D eigenvalue weighted by Crippen LogP contribution is -2.34. The van der Waals surface area contributed by atoms with Crippen LogP contribution in [-0.2, 0) is 11.2 Å². The first-order valence-electron chi connectivity index (χ1n) is 8.66. The Balaban J connectivity index is 1.46. The van der Waals surface area contributed by atoms with Gasteiger partial charge in [-0.25, -0.2) is 0 Å². The van der Waals surface area contributed by atoms with E-state index in [2.05, 4.69) is 22.4 Å². The average molecular weight is 339 g/mol. The maximum atomic E-state index is 12.2. The van der Waals surface area contributed by atoms with Crippen LogP contribution in [0.2, 0.25) is 0 Å². The predicted molar refractivity (Wildman–Crippen MR) is 99.4 cm³/mol.